The Bertz CT molecular complexity index is 286. The summed E-state index contributed by atoms with van der Waals surface area (Å²) in [5.41, 5.74) is 0. The molecule has 0 fully saturated rings. The smallest absolute Gasteiger partial charge is 0.0987 e. The molecule has 0 amide bonds. The van der Waals surface area contributed by atoms with Crippen LogP contribution in [0, 0.1) is 0 Å². The van der Waals surface area contributed by atoms with E-state index in [1.165, 1.54) is 109 Å². The zero-order valence-corrected chi connectivity index (χ0v) is 16.1. The number of hydrogen-bond donors (Lipinski definition) is 0. The highest BCUT2D eigenvalue weighted by Gasteiger charge is 2.10. The summed E-state index contributed by atoms with van der Waals surface area (Å²) in [4.78, 5) is 6.89. The van der Waals surface area contributed by atoms with Crippen LogP contribution >= 0.6 is 0 Å². The highest BCUT2D eigenvalue weighted by atomic mass is 15.2. The molecule has 0 aromatic heterocycles. The number of aliphatic imine (C=N–C) groups is 1. The summed E-state index contributed by atoms with van der Waals surface area (Å²) in [5.74, 6) is 1.35. The summed E-state index contributed by atoms with van der Waals surface area (Å²) in [5, 5.41) is 0. The third-order valence-corrected chi connectivity index (χ3v) is 5.17. The van der Waals surface area contributed by atoms with Crippen molar-refractivity contribution in [3.63, 3.8) is 0 Å². The second-order valence-electron chi connectivity index (χ2n) is 7.42. The molecule has 0 saturated heterocycles. The van der Waals surface area contributed by atoms with E-state index in [1.54, 1.807) is 0 Å². The molecule has 0 aromatic carbocycles. The molecular formula is C21H42N2. The molecule has 0 bridgehead atoms. The summed E-state index contributed by atoms with van der Waals surface area (Å²) in [6, 6.07) is 0. The molecule has 1 aliphatic heterocycles. The third-order valence-electron chi connectivity index (χ3n) is 5.17. The topological polar surface area (TPSA) is 15.6 Å². The first-order valence-electron chi connectivity index (χ1n) is 10.6. The van der Waals surface area contributed by atoms with Gasteiger partial charge in [-0.05, 0) is 6.42 Å². The molecule has 0 saturated carbocycles. The Morgan fingerprint density at radius 3 is 1.52 bits per heavy atom. The van der Waals surface area contributed by atoms with Gasteiger partial charge in [0.1, 0.15) is 0 Å². The largest absolute Gasteiger partial charge is 0.362 e. The van der Waals surface area contributed by atoms with Gasteiger partial charge in [0.15, 0.2) is 0 Å². The van der Waals surface area contributed by atoms with Crippen molar-refractivity contribution in [2.45, 2.75) is 110 Å². The van der Waals surface area contributed by atoms with Gasteiger partial charge in [-0.1, -0.05) is 96.8 Å². The molecule has 0 atom stereocenters. The van der Waals surface area contributed by atoms with Gasteiger partial charge < -0.3 is 4.90 Å². The summed E-state index contributed by atoms with van der Waals surface area (Å²) >= 11 is 0. The lowest BCUT2D eigenvalue weighted by Gasteiger charge is -2.13. The van der Waals surface area contributed by atoms with E-state index in [0.717, 1.165) is 13.1 Å². The molecule has 2 heteroatoms. The maximum absolute atomic E-state index is 4.56. The fraction of sp³-hybridized carbons (Fsp3) is 0.952. The molecule has 0 radical (unpaired) electrons. The van der Waals surface area contributed by atoms with Crippen LogP contribution in [0.1, 0.15) is 110 Å². The average molecular weight is 323 g/mol. The minimum atomic E-state index is 1.02. The monoisotopic (exact) mass is 322 g/mol. The van der Waals surface area contributed by atoms with Crippen LogP contribution < -0.4 is 0 Å². The van der Waals surface area contributed by atoms with E-state index in [0.29, 0.717) is 0 Å². The van der Waals surface area contributed by atoms with E-state index in [1.807, 2.05) is 0 Å². The van der Waals surface area contributed by atoms with Gasteiger partial charge in [0, 0.05) is 20.0 Å². The molecule has 0 N–H and O–H groups in total. The van der Waals surface area contributed by atoms with Gasteiger partial charge in [-0.15, -0.1) is 0 Å². The van der Waals surface area contributed by atoms with Gasteiger partial charge in [0.2, 0.25) is 0 Å². The second-order valence-corrected chi connectivity index (χ2v) is 7.42. The minimum Gasteiger partial charge on any atom is -0.362 e. The molecule has 0 spiro atoms. The molecule has 1 heterocycles. The lowest BCUT2D eigenvalue weighted by Crippen LogP contribution is -2.22. The molecule has 1 aliphatic rings. The SMILES string of the molecule is CCCCCCCCCCCCCCCCCC1=NCCN1C. The maximum atomic E-state index is 4.56. The Kier molecular flexibility index (Phi) is 13.4. The van der Waals surface area contributed by atoms with Crippen molar-refractivity contribution < 1.29 is 0 Å². The van der Waals surface area contributed by atoms with E-state index in [4.69, 9.17) is 0 Å². The van der Waals surface area contributed by atoms with Crippen LogP contribution in [0.4, 0.5) is 0 Å². The van der Waals surface area contributed by atoms with Gasteiger partial charge in [0.25, 0.3) is 0 Å². The third kappa shape index (κ3) is 11.6. The van der Waals surface area contributed by atoms with Crippen LogP contribution in [0.25, 0.3) is 0 Å². The van der Waals surface area contributed by atoms with Crippen molar-refractivity contribution in [3.05, 3.63) is 0 Å². The number of likely N-dealkylation sites (N-methyl/N-ethyl adjacent to an activating group) is 1. The molecule has 2 nitrogen and oxygen atoms in total. The van der Waals surface area contributed by atoms with Crippen LogP contribution in [-0.4, -0.2) is 30.9 Å². The Hall–Kier alpha value is -0.530. The Morgan fingerprint density at radius 2 is 1.13 bits per heavy atom. The number of unbranched alkanes of at least 4 members (excludes halogenated alkanes) is 14. The van der Waals surface area contributed by atoms with Gasteiger partial charge in [-0.25, -0.2) is 0 Å². The van der Waals surface area contributed by atoms with Crippen molar-refractivity contribution in [1.29, 1.82) is 0 Å². The minimum absolute atomic E-state index is 1.02. The normalized spacial score (nSPS) is 14.5. The number of nitrogens with zero attached hydrogens (tertiary/aromatic N) is 2. The lowest BCUT2D eigenvalue weighted by atomic mass is 10.0. The van der Waals surface area contributed by atoms with Crippen LogP contribution in [0.5, 0.6) is 0 Å². The predicted molar refractivity (Wildman–Crippen MR) is 104 cm³/mol. The van der Waals surface area contributed by atoms with Crippen LogP contribution in [0.15, 0.2) is 4.99 Å². The zero-order chi connectivity index (χ0) is 16.6. The first kappa shape index (κ1) is 20.5. The standard InChI is InChI=1S/C21H42N2/c1-3-4-5-6-7-8-9-10-11-12-13-14-15-16-17-18-21-22-19-20-23(21)2/h3-20H2,1-2H3. The van der Waals surface area contributed by atoms with Crippen molar-refractivity contribution in [2.75, 3.05) is 20.1 Å². The van der Waals surface area contributed by atoms with Gasteiger partial charge in [0.05, 0.1) is 12.4 Å². The molecular weight excluding hydrogens is 280 g/mol. The highest BCUT2D eigenvalue weighted by molar-refractivity contribution is 5.83. The first-order valence-corrected chi connectivity index (χ1v) is 10.6. The van der Waals surface area contributed by atoms with Crippen LogP contribution in [-0.2, 0) is 0 Å². The molecule has 0 aliphatic carbocycles. The van der Waals surface area contributed by atoms with Crippen molar-refractivity contribution in [1.82, 2.24) is 4.90 Å². The van der Waals surface area contributed by atoms with Crippen LogP contribution in [0.2, 0.25) is 0 Å². The van der Waals surface area contributed by atoms with Gasteiger partial charge in [-0.2, -0.15) is 0 Å². The average Bonchev–Trinajstić information content (AvgIpc) is 2.96. The van der Waals surface area contributed by atoms with E-state index in [2.05, 4.69) is 23.9 Å². The fourth-order valence-corrected chi connectivity index (χ4v) is 3.50. The van der Waals surface area contributed by atoms with E-state index in [9.17, 15) is 0 Å². The summed E-state index contributed by atoms with van der Waals surface area (Å²) in [7, 11) is 2.18. The summed E-state index contributed by atoms with van der Waals surface area (Å²) in [6.07, 6.45) is 22.8. The Morgan fingerprint density at radius 1 is 0.696 bits per heavy atom. The van der Waals surface area contributed by atoms with E-state index in [-0.39, 0.29) is 0 Å². The van der Waals surface area contributed by atoms with E-state index < -0.39 is 0 Å². The molecule has 1 rings (SSSR count). The molecule has 136 valence electrons. The number of amidine groups is 1. The predicted octanol–water partition coefficient (Wildman–Crippen LogP) is 6.59. The fourth-order valence-electron chi connectivity index (χ4n) is 3.50. The second kappa shape index (κ2) is 15.0. The quantitative estimate of drug-likeness (QED) is 0.293. The zero-order valence-electron chi connectivity index (χ0n) is 16.1. The van der Waals surface area contributed by atoms with E-state index >= 15 is 0 Å². The highest BCUT2D eigenvalue weighted by Crippen LogP contribution is 2.14. The van der Waals surface area contributed by atoms with Crippen molar-refractivity contribution in [2.24, 2.45) is 4.99 Å². The summed E-state index contributed by atoms with van der Waals surface area (Å²) in [6.45, 7) is 4.45. The molecule has 23 heavy (non-hydrogen) atoms. The van der Waals surface area contributed by atoms with Crippen molar-refractivity contribution in [3.8, 4) is 0 Å². The van der Waals surface area contributed by atoms with Crippen molar-refractivity contribution >= 4 is 5.84 Å². The molecule has 0 unspecified atom stereocenters. The van der Waals surface area contributed by atoms with Gasteiger partial charge >= 0.3 is 0 Å². The maximum Gasteiger partial charge on any atom is 0.0987 e. The first-order chi connectivity index (χ1) is 11.3. The Labute approximate surface area is 146 Å². The number of hydrogen-bond acceptors (Lipinski definition) is 2. The molecule has 0 aromatic rings. The van der Waals surface area contributed by atoms with Crippen LogP contribution in [0.3, 0.4) is 0 Å². The Balaban J connectivity index is 1.70. The summed E-state index contributed by atoms with van der Waals surface area (Å²) < 4.78 is 0. The van der Waals surface area contributed by atoms with Gasteiger partial charge in [-0.3, -0.25) is 4.99 Å². The lowest BCUT2D eigenvalue weighted by molar-refractivity contribution is 0.524. The number of rotatable bonds is 16.